The molecule has 2 heterocycles. The van der Waals surface area contributed by atoms with Crippen molar-refractivity contribution in [3.63, 3.8) is 0 Å². The van der Waals surface area contributed by atoms with E-state index in [1.807, 2.05) is 6.07 Å². The van der Waals surface area contributed by atoms with E-state index < -0.39 is 11.5 Å². The third kappa shape index (κ3) is 5.13. The SMILES string of the molecule is CCN(CC)Cc1cc(CN2CCC(O)(c3cccnc3F)CC2)ccc1OC. The van der Waals surface area contributed by atoms with Crippen molar-refractivity contribution < 1.29 is 14.2 Å². The first-order chi connectivity index (χ1) is 14.0. The lowest BCUT2D eigenvalue weighted by molar-refractivity contribution is -0.0308. The van der Waals surface area contributed by atoms with Gasteiger partial charge in [-0.25, -0.2) is 4.98 Å². The van der Waals surface area contributed by atoms with Gasteiger partial charge in [-0.15, -0.1) is 0 Å². The van der Waals surface area contributed by atoms with E-state index in [-0.39, 0.29) is 0 Å². The summed E-state index contributed by atoms with van der Waals surface area (Å²) in [6.45, 7) is 9.42. The maximum atomic E-state index is 14.0. The Balaban J connectivity index is 1.66. The summed E-state index contributed by atoms with van der Waals surface area (Å²) in [5.41, 5.74) is 1.60. The number of methoxy groups -OCH3 is 1. The average Bonchev–Trinajstić information content (AvgIpc) is 2.74. The highest BCUT2D eigenvalue weighted by Crippen LogP contribution is 2.34. The third-order valence-electron chi connectivity index (χ3n) is 5.98. The number of aliphatic hydroxyl groups is 1. The Bertz CT molecular complexity index is 802. The van der Waals surface area contributed by atoms with Crippen LogP contribution in [-0.4, -0.2) is 53.2 Å². The fourth-order valence-corrected chi connectivity index (χ4v) is 4.08. The second-order valence-electron chi connectivity index (χ2n) is 7.76. The van der Waals surface area contributed by atoms with Gasteiger partial charge < -0.3 is 9.84 Å². The maximum absolute atomic E-state index is 14.0. The van der Waals surface area contributed by atoms with Crippen molar-refractivity contribution in [3.05, 3.63) is 59.2 Å². The van der Waals surface area contributed by atoms with E-state index in [2.05, 4.69) is 40.8 Å². The van der Waals surface area contributed by atoms with Crippen LogP contribution < -0.4 is 4.74 Å². The first kappa shape index (κ1) is 21.7. The molecule has 0 aliphatic carbocycles. The molecule has 1 aliphatic rings. The van der Waals surface area contributed by atoms with Gasteiger partial charge in [0.1, 0.15) is 5.75 Å². The van der Waals surface area contributed by atoms with E-state index in [9.17, 15) is 9.50 Å². The Morgan fingerprint density at radius 3 is 2.55 bits per heavy atom. The van der Waals surface area contributed by atoms with Gasteiger partial charge in [-0.3, -0.25) is 9.80 Å². The Hall–Kier alpha value is -2.02. The predicted octanol–water partition coefficient (Wildman–Crippen LogP) is 3.55. The molecular weight excluding hydrogens is 369 g/mol. The summed E-state index contributed by atoms with van der Waals surface area (Å²) in [5, 5.41) is 10.9. The van der Waals surface area contributed by atoms with Crippen LogP contribution in [0.1, 0.15) is 43.4 Å². The van der Waals surface area contributed by atoms with E-state index in [0.29, 0.717) is 31.5 Å². The number of piperidine rings is 1. The number of pyridine rings is 1. The topological polar surface area (TPSA) is 48.8 Å². The van der Waals surface area contributed by atoms with Gasteiger partial charge in [-0.05, 0) is 49.7 Å². The molecule has 2 aromatic rings. The minimum atomic E-state index is -1.14. The molecule has 0 bridgehead atoms. The molecule has 0 amide bonds. The van der Waals surface area contributed by atoms with E-state index in [1.165, 1.54) is 17.3 Å². The lowest BCUT2D eigenvalue weighted by Gasteiger charge is -2.38. The molecule has 158 valence electrons. The van der Waals surface area contributed by atoms with Crippen molar-refractivity contribution in [1.29, 1.82) is 0 Å². The van der Waals surface area contributed by atoms with Gasteiger partial charge in [0.2, 0.25) is 5.95 Å². The summed E-state index contributed by atoms with van der Waals surface area (Å²) < 4.78 is 19.6. The molecule has 5 nitrogen and oxygen atoms in total. The second kappa shape index (κ2) is 9.65. The van der Waals surface area contributed by atoms with Gasteiger partial charge in [0.15, 0.2) is 0 Å². The van der Waals surface area contributed by atoms with Crippen molar-refractivity contribution >= 4 is 0 Å². The number of rotatable bonds is 8. The molecule has 1 aromatic heterocycles. The molecule has 0 spiro atoms. The lowest BCUT2D eigenvalue weighted by Crippen LogP contribution is -2.42. The Kier molecular flexibility index (Phi) is 7.22. The average molecular weight is 402 g/mol. The maximum Gasteiger partial charge on any atom is 0.218 e. The zero-order chi connectivity index (χ0) is 20.9. The first-order valence-corrected chi connectivity index (χ1v) is 10.4. The van der Waals surface area contributed by atoms with Gasteiger partial charge in [0.25, 0.3) is 0 Å². The van der Waals surface area contributed by atoms with E-state index in [1.54, 1.807) is 19.2 Å². The van der Waals surface area contributed by atoms with Crippen LogP contribution in [0.15, 0.2) is 36.5 Å². The monoisotopic (exact) mass is 401 g/mol. The Morgan fingerprint density at radius 1 is 1.21 bits per heavy atom. The fraction of sp³-hybridized carbons (Fsp3) is 0.522. The molecule has 0 saturated carbocycles. The van der Waals surface area contributed by atoms with Crippen molar-refractivity contribution in [1.82, 2.24) is 14.8 Å². The largest absolute Gasteiger partial charge is 0.496 e. The zero-order valence-electron chi connectivity index (χ0n) is 17.7. The van der Waals surface area contributed by atoms with Crippen LogP contribution in [0.25, 0.3) is 0 Å². The zero-order valence-corrected chi connectivity index (χ0v) is 17.7. The van der Waals surface area contributed by atoms with Crippen LogP contribution in [0.5, 0.6) is 5.75 Å². The number of hydrogen-bond donors (Lipinski definition) is 1. The van der Waals surface area contributed by atoms with Crippen LogP contribution >= 0.6 is 0 Å². The van der Waals surface area contributed by atoms with Crippen LogP contribution in [0, 0.1) is 5.95 Å². The Morgan fingerprint density at radius 2 is 1.93 bits per heavy atom. The highest BCUT2D eigenvalue weighted by Gasteiger charge is 2.36. The molecule has 1 aromatic carbocycles. The number of nitrogens with zero attached hydrogens (tertiary/aromatic N) is 3. The summed E-state index contributed by atoms with van der Waals surface area (Å²) in [4.78, 5) is 8.37. The standard InChI is InChI=1S/C23H32FN3O2/c1-4-26(5-2)17-19-15-18(8-9-21(19)29-3)16-27-13-10-23(28,11-14-27)20-7-6-12-25-22(20)24/h6-9,12,15,28H,4-5,10-11,13-14,16-17H2,1-3H3. The normalized spacial score (nSPS) is 16.9. The molecular formula is C23H32FN3O2. The van der Waals surface area contributed by atoms with Gasteiger partial charge >= 0.3 is 0 Å². The summed E-state index contributed by atoms with van der Waals surface area (Å²) in [6.07, 6.45) is 2.41. The molecule has 29 heavy (non-hydrogen) atoms. The predicted molar refractivity (Wildman–Crippen MR) is 112 cm³/mol. The van der Waals surface area contributed by atoms with Crippen molar-refractivity contribution in [2.45, 2.75) is 45.4 Å². The van der Waals surface area contributed by atoms with Crippen LogP contribution in [0.2, 0.25) is 0 Å². The number of aromatic nitrogens is 1. The molecule has 1 fully saturated rings. The number of halogens is 1. The summed E-state index contributed by atoms with van der Waals surface area (Å²) >= 11 is 0. The highest BCUT2D eigenvalue weighted by molar-refractivity contribution is 5.37. The summed E-state index contributed by atoms with van der Waals surface area (Å²) in [6, 6.07) is 9.68. The molecule has 6 heteroatoms. The molecule has 1 N–H and O–H groups in total. The number of benzene rings is 1. The van der Waals surface area contributed by atoms with Gasteiger partial charge in [-0.1, -0.05) is 26.0 Å². The molecule has 1 saturated heterocycles. The fourth-order valence-electron chi connectivity index (χ4n) is 4.08. The summed E-state index contributed by atoms with van der Waals surface area (Å²) in [5.74, 6) is 0.348. The lowest BCUT2D eigenvalue weighted by atomic mass is 9.85. The van der Waals surface area contributed by atoms with E-state index in [0.717, 1.165) is 31.9 Å². The number of hydrogen-bond acceptors (Lipinski definition) is 5. The molecule has 3 rings (SSSR count). The van der Waals surface area contributed by atoms with E-state index >= 15 is 0 Å². The molecule has 0 atom stereocenters. The minimum Gasteiger partial charge on any atom is -0.496 e. The number of ether oxygens (including phenoxy) is 1. The van der Waals surface area contributed by atoms with Crippen molar-refractivity contribution in [2.75, 3.05) is 33.3 Å². The third-order valence-corrected chi connectivity index (χ3v) is 5.98. The summed E-state index contributed by atoms with van der Waals surface area (Å²) in [7, 11) is 1.71. The quantitative estimate of drug-likeness (QED) is 0.686. The van der Waals surface area contributed by atoms with Crippen molar-refractivity contribution in [2.24, 2.45) is 0 Å². The van der Waals surface area contributed by atoms with Gasteiger partial charge in [0.05, 0.1) is 12.7 Å². The Labute approximate surface area is 173 Å². The first-order valence-electron chi connectivity index (χ1n) is 10.4. The molecule has 0 radical (unpaired) electrons. The second-order valence-corrected chi connectivity index (χ2v) is 7.76. The van der Waals surface area contributed by atoms with Gasteiger partial charge in [-0.2, -0.15) is 4.39 Å². The van der Waals surface area contributed by atoms with Gasteiger partial charge in [0, 0.05) is 43.5 Å². The number of likely N-dealkylation sites (tertiary alicyclic amines) is 1. The highest BCUT2D eigenvalue weighted by atomic mass is 19.1. The van der Waals surface area contributed by atoms with Crippen LogP contribution in [-0.2, 0) is 18.7 Å². The minimum absolute atomic E-state index is 0.311. The van der Waals surface area contributed by atoms with Crippen molar-refractivity contribution in [3.8, 4) is 5.75 Å². The smallest absolute Gasteiger partial charge is 0.218 e. The molecule has 1 aliphatic heterocycles. The molecule has 0 unspecified atom stereocenters. The van der Waals surface area contributed by atoms with Crippen LogP contribution in [0.3, 0.4) is 0 Å². The van der Waals surface area contributed by atoms with Crippen LogP contribution in [0.4, 0.5) is 4.39 Å². The van der Waals surface area contributed by atoms with E-state index in [4.69, 9.17) is 4.74 Å².